The lowest BCUT2D eigenvalue weighted by Crippen LogP contribution is -2.29. The molecule has 0 bridgehead atoms. The number of benzene rings is 2. The molecule has 2 aromatic carbocycles. The SMILES string of the molecule is COC(=O)c1ccccc1-n1ncc(NC2CCN(c3ccccc3)C2)c(Cl)c1=O. The number of methoxy groups -OCH3 is 1. The van der Waals surface area contributed by atoms with Gasteiger partial charge in [0.15, 0.2) is 0 Å². The van der Waals surface area contributed by atoms with Crippen LogP contribution in [0.5, 0.6) is 0 Å². The smallest absolute Gasteiger partial charge is 0.340 e. The molecule has 1 aliphatic heterocycles. The van der Waals surface area contributed by atoms with E-state index in [1.165, 1.54) is 19.0 Å². The van der Waals surface area contributed by atoms with E-state index in [2.05, 4.69) is 27.4 Å². The number of halogens is 1. The Kier molecular flexibility index (Phi) is 5.72. The molecular weight excluding hydrogens is 404 g/mol. The van der Waals surface area contributed by atoms with E-state index in [1.807, 2.05) is 18.2 Å². The van der Waals surface area contributed by atoms with Crippen LogP contribution < -0.4 is 15.8 Å². The number of carbonyl (C=O) groups excluding carboxylic acids is 1. The second kappa shape index (κ2) is 8.59. The minimum atomic E-state index is -0.551. The topological polar surface area (TPSA) is 76.5 Å². The predicted octanol–water partition coefficient (Wildman–Crippen LogP) is 3.36. The summed E-state index contributed by atoms with van der Waals surface area (Å²) in [6, 6.07) is 16.9. The average molecular weight is 425 g/mol. The van der Waals surface area contributed by atoms with Crippen LogP contribution in [0.1, 0.15) is 16.8 Å². The van der Waals surface area contributed by atoms with Gasteiger partial charge < -0.3 is 15.0 Å². The Bertz CT molecular complexity index is 1120. The van der Waals surface area contributed by atoms with Gasteiger partial charge in [0.25, 0.3) is 5.56 Å². The van der Waals surface area contributed by atoms with Crippen LogP contribution >= 0.6 is 11.6 Å². The molecule has 1 saturated heterocycles. The summed E-state index contributed by atoms with van der Waals surface area (Å²) in [5, 5.41) is 7.61. The summed E-state index contributed by atoms with van der Waals surface area (Å²) in [7, 11) is 1.29. The number of para-hydroxylation sites is 2. The molecule has 30 heavy (non-hydrogen) atoms. The van der Waals surface area contributed by atoms with Crippen LogP contribution in [-0.4, -0.2) is 42.0 Å². The number of hydrogen-bond donors (Lipinski definition) is 1. The Morgan fingerprint density at radius 1 is 1.17 bits per heavy atom. The molecule has 1 N–H and O–H groups in total. The average Bonchev–Trinajstić information content (AvgIpc) is 3.26. The molecule has 1 fully saturated rings. The van der Waals surface area contributed by atoms with E-state index < -0.39 is 11.5 Å². The van der Waals surface area contributed by atoms with E-state index >= 15 is 0 Å². The summed E-state index contributed by atoms with van der Waals surface area (Å²) in [6.07, 6.45) is 2.43. The van der Waals surface area contributed by atoms with Crippen LogP contribution in [0.2, 0.25) is 5.02 Å². The number of nitrogens with zero attached hydrogens (tertiary/aromatic N) is 3. The Balaban J connectivity index is 1.56. The van der Waals surface area contributed by atoms with E-state index in [9.17, 15) is 9.59 Å². The number of hydrogen-bond acceptors (Lipinski definition) is 6. The lowest BCUT2D eigenvalue weighted by atomic mass is 10.2. The van der Waals surface area contributed by atoms with Crippen molar-refractivity contribution in [1.82, 2.24) is 9.78 Å². The molecule has 1 atom stereocenters. The molecule has 3 aromatic rings. The lowest BCUT2D eigenvalue weighted by molar-refractivity contribution is 0.0600. The van der Waals surface area contributed by atoms with Gasteiger partial charge in [0.05, 0.1) is 30.2 Å². The highest BCUT2D eigenvalue weighted by Crippen LogP contribution is 2.24. The van der Waals surface area contributed by atoms with Crippen molar-refractivity contribution in [2.75, 3.05) is 30.4 Å². The molecule has 4 rings (SSSR count). The molecule has 1 aliphatic rings. The van der Waals surface area contributed by atoms with Crippen LogP contribution in [0, 0.1) is 0 Å². The van der Waals surface area contributed by atoms with E-state index in [1.54, 1.807) is 24.3 Å². The van der Waals surface area contributed by atoms with Gasteiger partial charge in [0.1, 0.15) is 5.02 Å². The number of anilines is 2. The van der Waals surface area contributed by atoms with E-state index in [-0.39, 0.29) is 16.6 Å². The van der Waals surface area contributed by atoms with Gasteiger partial charge in [-0.05, 0) is 30.7 Å². The number of esters is 1. The van der Waals surface area contributed by atoms with Crippen molar-refractivity contribution >= 4 is 28.9 Å². The standard InChI is InChI=1S/C22H21ClN4O3/c1-30-22(29)17-9-5-6-10-19(17)27-21(28)20(23)18(13-24-27)25-15-11-12-26(14-15)16-7-3-2-4-8-16/h2-10,13,15,25H,11-12,14H2,1H3. The molecule has 0 radical (unpaired) electrons. The number of ether oxygens (including phenoxy) is 1. The van der Waals surface area contributed by atoms with Crippen molar-refractivity contribution in [3.8, 4) is 5.69 Å². The summed E-state index contributed by atoms with van der Waals surface area (Å²) < 4.78 is 5.91. The van der Waals surface area contributed by atoms with Gasteiger partial charge in [-0.3, -0.25) is 4.79 Å². The maximum absolute atomic E-state index is 12.9. The van der Waals surface area contributed by atoms with Gasteiger partial charge in [-0.15, -0.1) is 0 Å². The molecule has 0 spiro atoms. The van der Waals surface area contributed by atoms with Crippen LogP contribution in [0.3, 0.4) is 0 Å². The minimum absolute atomic E-state index is 0.0304. The molecule has 7 nitrogen and oxygen atoms in total. The zero-order valence-corrected chi connectivity index (χ0v) is 17.2. The third-order valence-electron chi connectivity index (χ3n) is 5.13. The molecule has 2 heterocycles. The normalized spacial score (nSPS) is 15.8. The summed E-state index contributed by atoms with van der Waals surface area (Å²) in [4.78, 5) is 27.2. The first kappa shape index (κ1) is 20.0. The molecule has 0 aliphatic carbocycles. The summed E-state index contributed by atoms with van der Waals surface area (Å²) >= 11 is 6.38. The van der Waals surface area contributed by atoms with Crippen LogP contribution in [-0.2, 0) is 4.74 Å². The molecule has 8 heteroatoms. The molecule has 1 aromatic heterocycles. The highest BCUT2D eigenvalue weighted by atomic mass is 35.5. The van der Waals surface area contributed by atoms with Crippen molar-refractivity contribution in [2.45, 2.75) is 12.5 Å². The third-order valence-corrected chi connectivity index (χ3v) is 5.49. The maximum Gasteiger partial charge on any atom is 0.340 e. The van der Waals surface area contributed by atoms with Crippen molar-refractivity contribution < 1.29 is 9.53 Å². The van der Waals surface area contributed by atoms with Crippen LogP contribution in [0.4, 0.5) is 11.4 Å². The van der Waals surface area contributed by atoms with Gasteiger partial charge in [0.2, 0.25) is 0 Å². The Morgan fingerprint density at radius 3 is 2.67 bits per heavy atom. The first-order valence-corrected chi connectivity index (χ1v) is 9.98. The summed E-state index contributed by atoms with van der Waals surface area (Å²) in [5.74, 6) is -0.551. The number of carbonyl (C=O) groups is 1. The molecule has 154 valence electrons. The minimum Gasteiger partial charge on any atom is -0.465 e. The molecule has 1 unspecified atom stereocenters. The van der Waals surface area contributed by atoms with E-state index in [0.29, 0.717) is 11.4 Å². The van der Waals surface area contributed by atoms with Crippen LogP contribution in [0.15, 0.2) is 65.6 Å². The Labute approximate surface area is 178 Å². The summed E-state index contributed by atoms with van der Waals surface area (Å²) in [5.41, 5.74) is 1.70. The highest BCUT2D eigenvalue weighted by molar-refractivity contribution is 6.33. The quantitative estimate of drug-likeness (QED) is 0.633. The molecular formula is C22H21ClN4O3. The highest BCUT2D eigenvalue weighted by Gasteiger charge is 2.24. The number of aromatic nitrogens is 2. The van der Waals surface area contributed by atoms with Gasteiger partial charge in [-0.2, -0.15) is 9.78 Å². The fourth-order valence-electron chi connectivity index (χ4n) is 3.62. The monoisotopic (exact) mass is 424 g/mol. The van der Waals surface area contributed by atoms with E-state index in [4.69, 9.17) is 16.3 Å². The van der Waals surface area contributed by atoms with Gasteiger partial charge in [-0.25, -0.2) is 4.79 Å². The van der Waals surface area contributed by atoms with Crippen LogP contribution in [0.25, 0.3) is 5.69 Å². The largest absolute Gasteiger partial charge is 0.465 e. The number of rotatable bonds is 5. The second-order valence-electron chi connectivity index (χ2n) is 7.01. The lowest BCUT2D eigenvalue weighted by Gasteiger charge is -2.20. The summed E-state index contributed by atoms with van der Waals surface area (Å²) in [6.45, 7) is 1.71. The maximum atomic E-state index is 12.9. The van der Waals surface area contributed by atoms with Crippen molar-refractivity contribution in [2.24, 2.45) is 0 Å². The zero-order valence-electron chi connectivity index (χ0n) is 16.4. The fourth-order valence-corrected chi connectivity index (χ4v) is 3.80. The van der Waals surface area contributed by atoms with Gasteiger partial charge in [-0.1, -0.05) is 41.9 Å². The Morgan fingerprint density at radius 2 is 1.90 bits per heavy atom. The van der Waals surface area contributed by atoms with Gasteiger partial charge >= 0.3 is 5.97 Å². The van der Waals surface area contributed by atoms with Crippen molar-refractivity contribution in [3.63, 3.8) is 0 Å². The third kappa shape index (κ3) is 3.89. The van der Waals surface area contributed by atoms with Crippen molar-refractivity contribution in [1.29, 1.82) is 0 Å². The number of nitrogens with one attached hydrogen (secondary N) is 1. The first-order chi connectivity index (χ1) is 14.6. The fraction of sp³-hybridized carbons (Fsp3) is 0.227. The molecule has 0 amide bonds. The second-order valence-corrected chi connectivity index (χ2v) is 7.39. The predicted molar refractivity (Wildman–Crippen MR) is 117 cm³/mol. The van der Waals surface area contributed by atoms with Gasteiger partial charge in [0, 0.05) is 24.8 Å². The Hall–Kier alpha value is -3.32. The zero-order chi connectivity index (χ0) is 21.1. The molecule has 0 saturated carbocycles. The first-order valence-electron chi connectivity index (χ1n) is 9.60. The van der Waals surface area contributed by atoms with Crippen molar-refractivity contribution in [3.05, 3.63) is 81.7 Å². The van der Waals surface area contributed by atoms with E-state index in [0.717, 1.165) is 24.2 Å².